The molecule has 2 rings (SSSR count). The summed E-state index contributed by atoms with van der Waals surface area (Å²) in [5, 5.41) is 10.2. The van der Waals surface area contributed by atoms with E-state index in [4.69, 9.17) is 4.74 Å². The lowest BCUT2D eigenvalue weighted by molar-refractivity contribution is -0.134. The Labute approximate surface area is 118 Å². The molecule has 1 aromatic rings. The normalized spacial score (nSPS) is 24.6. The highest BCUT2D eigenvalue weighted by Crippen LogP contribution is 2.24. The maximum atomic E-state index is 13.6. The molecular weight excluding hydrogens is 264 g/mol. The molecule has 0 unspecified atom stereocenters. The molecule has 0 saturated carbocycles. The van der Waals surface area contributed by atoms with E-state index < -0.39 is 17.7 Å². The zero-order chi connectivity index (χ0) is 14.9. The Morgan fingerprint density at radius 2 is 2.15 bits per heavy atom. The molecule has 1 aliphatic heterocycles. The second-order valence-electron chi connectivity index (χ2n) is 6.06. The molecule has 0 amide bonds. The Morgan fingerprint density at radius 3 is 2.75 bits per heavy atom. The van der Waals surface area contributed by atoms with Crippen LogP contribution in [-0.2, 0) is 4.74 Å². The highest BCUT2D eigenvalue weighted by Gasteiger charge is 2.32. The number of aliphatic hydroxyl groups excluding tert-OH is 1. The highest BCUT2D eigenvalue weighted by molar-refractivity contribution is 5.21. The van der Waals surface area contributed by atoms with E-state index in [1.165, 1.54) is 6.07 Å². The molecule has 0 aliphatic carbocycles. The predicted octanol–water partition coefficient (Wildman–Crippen LogP) is 2.50. The van der Waals surface area contributed by atoms with Gasteiger partial charge in [-0.25, -0.2) is 8.78 Å². The fraction of sp³-hybridized carbons (Fsp3) is 0.600. The first-order valence-electron chi connectivity index (χ1n) is 6.80. The minimum atomic E-state index is -0.975. The monoisotopic (exact) mass is 285 g/mol. The summed E-state index contributed by atoms with van der Waals surface area (Å²) >= 11 is 0. The van der Waals surface area contributed by atoms with Crippen LogP contribution in [0.2, 0.25) is 0 Å². The van der Waals surface area contributed by atoms with Gasteiger partial charge in [-0.3, -0.25) is 4.90 Å². The summed E-state index contributed by atoms with van der Waals surface area (Å²) in [4.78, 5) is 2.04. The topological polar surface area (TPSA) is 32.7 Å². The number of ether oxygens (including phenoxy) is 1. The molecule has 1 heterocycles. The Bertz CT molecular complexity index is 479. The van der Waals surface area contributed by atoms with Gasteiger partial charge in [-0.2, -0.15) is 0 Å². The SMILES string of the molecule is C[C@@H]1CN(C[C@H](O)c2ccc(F)cc2F)CC(C)(C)O1. The summed E-state index contributed by atoms with van der Waals surface area (Å²) in [5.74, 6) is -1.35. The van der Waals surface area contributed by atoms with Crippen LogP contribution in [0.25, 0.3) is 0 Å². The smallest absolute Gasteiger partial charge is 0.131 e. The molecule has 0 aromatic heterocycles. The Kier molecular flexibility index (Phi) is 4.42. The van der Waals surface area contributed by atoms with E-state index in [0.717, 1.165) is 12.1 Å². The number of hydrogen-bond acceptors (Lipinski definition) is 3. The summed E-state index contributed by atoms with van der Waals surface area (Å²) in [6.45, 7) is 7.60. The average molecular weight is 285 g/mol. The maximum Gasteiger partial charge on any atom is 0.131 e. The maximum absolute atomic E-state index is 13.6. The Hall–Kier alpha value is -1.04. The summed E-state index contributed by atoms with van der Waals surface area (Å²) in [7, 11) is 0. The van der Waals surface area contributed by atoms with Crippen LogP contribution in [0.15, 0.2) is 18.2 Å². The summed E-state index contributed by atoms with van der Waals surface area (Å²) < 4.78 is 32.3. The van der Waals surface area contributed by atoms with Crippen LogP contribution in [0.4, 0.5) is 8.78 Å². The molecule has 1 aliphatic rings. The van der Waals surface area contributed by atoms with Crippen molar-refractivity contribution in [3.63, 3.8) is 0 Å². The lowest BCUT2D eigenvalue weighted by Crippen LogP contribution is -2.52. The lowest BCUT2D eigenvalue weighted by atomic mass is 10.0. The molecule has 112 valence electrons. The molecule has 0 spiro atoms. The molecule has 1 saturated heterocycles. The third kappa shape index (κ3) is 3.75. The number of benzene rings is 1. The molecule has 1 N–H and O–H groups in total. The van der Waals surface area contributed by atoms with Crippen LogP contribution in [0.3, 0.4) is 0 Å². The largest absolute Gasteiger partial charge is 0.387 e. The van der Waals surface area contributed by atoms with E-state index in [9.17, 15) is 13.9 Å². The van der Waals surface area contributed by atoms with Gasteiger partial charge in [-0.1, -0.05) is 6.07 Å². The van der Waals surface area contributed by atoms with Gasteiger partial charge in [0.05, 0.1) is 17.8 Å². The molecule has 5 heteroatoms. The van der Waals surface area contributed by atoms with Gasteiger partial charge >= 0.3 is 0 Å². The minimum Gasteiger partial charge on any atom is -0.387 e. The van der Waals surface area contributed by atoms with E-state index in [2.05, 4.69) is 0 Å². The van der Waals surface area contributed by atoms with Gasteiger partial charge in [-0.15, -0.1) is 0 Å². The van der Waals surface area contributed by atoms with Crippen molar-refractivity contribution in [1.82, 2.24) is 4.90 Å². The van der Waals surface area contributed by atoms with Gasteiger partial charge in [0.25, 0.3) is 0 Å². The second-order valence-corrected chi connectivity index (χ2v) is 6.06. The standard InChI is InChI=1S/C15H21F2NO2/c1-10-7-18(9-15(2,3)20-10)8-14(19)12-5-4-11(16)6-13(12)17/h4-6,10,14,19H,7-9H2,1-3H3/t10-,14+/m1/s1. The molecule has 20 heavy (non-hydrogen) atoms. The number of morpholine rings is 1. The van der Waals surface area contributed by atoms with Crippen LogP contribution in [-0.4, -0.2) is 41.3 Å². The van der Waals surface area contributed by atoms with Gasteiger partial charge in [0, 0.05) is 31.3 Å². The van der Waals surface area contributed by atoms with Crippen LogP contribution in [0, 0.1) is 11.6 Å². The Balaban J connectivity index is 2.05. The van der Waals surface area contributed by atoms with Crippen molar-refractivity contribution in [3.8, 4) is 0 Å². The predicted molar refractivity (Wildman–Crippen MR) is 72.4 cm³/mol. The van der Waals surface area contributed by atoms with Crippen LogP contribution in [0.1, 0.15) is 32.4 Å². The van der Waals surface area contributed by atoms with E-state index in [1.807, 2.05) is 25.7 Å². The van der Waals surface area contributed by atoms with Gasteiger partial charge in [0.2, 0.25) is 0 Å². The summed E-state index contributed by atoms with van der Waals surface area (Å²) in [6, 6.07) is 3.25. The zero-order valence-corrected chi connectivity index (χ0v) is 12.1. The number of β-amino-alcohol motifs (C(OH)–C–C–N with tert-alkyl or cyclic N) is 1. The average Bonchev–Trinajstić information content (AvgIpc) is 2.25. The number of hydrogen-bond donors (Lipinski definition) is 1. The zero-order valence-electron chi connectivity index (χ0n) is 12.1. The van der Waals surface area contributed by atoms with Crippen molar-refractivity contribution in [2.75, 3.05) is 19.6 Å². The number of rotatable bonds is 3. The minimum absolute atomic E-state index is 0.0593. The van der Waals surface area contributed by atoms with Gasteiger partial charge in [0.15, 0.2) is 0 Å². The van der Waals surface area contributed by atoms with Crippen molar-refractivity contribution < 1.29 is 18.6 Å². The third-order valence-electron chi connectivity index (χ3n) is 3.39. The number of aliphatic hydroxyl groups is 1. The molecule has 2 atom stereocenters. The molecule has 1 fully saturated rings. The van der Waals surface area contributed by atoms with Crippen molar-refractivity contribution in [1.29, 1.82) is 0 Å². The van der Waals surface area contributed by atoms with Gasteiger partial charge in [0.1, 0.15) is 11.6 Å². The Morgan fingerprint density at radius 1 is 1.45 bits per heavy atom. The van der Waals surface area contributed by atoms with Crippen molar-refractivity contribution in [2.45, 2.75) is 38.6 Å². The van der Waals surface area contributed by atoms with Crippen molar-refractivity contribution in [3.05, 3.63) is 35.4 Å². The summed E-state index contributed by atoms with van der Waals surface area (Å²) in [5.41, 5.74) is -0.165. The van der Waals surface area contributed by atoms with Crippen molar-refractivity contribution in [2.24, 2.45) is 0 Å². The fourth-order valence-corrected chi connectivity index (χ4v) is 2.84. The molecule has 0 radical (unpaired) electrons. The quantitative estimate of drug-likeness (QED) is 0.926. The second kappa shape index (κ2) is 5.76. The van der Waals surface area contributed by atoms with E-state index in [-0.39, 0.29) is 17.3 Å². The molecule has 0 bridgehead atoms. The van der Waals surface area contributed by atoms with Crippen LogP contribution >= 0.6 is 0 Å². The molecule has 1 aromatic carbocycles. The lowest BCUT2D eigenvalue weighted by Gasteiger charge is -2.42. The van der Waals surface area contributed by atoms with E-state index in [1.54, 1.807) is 0 Å². The molecule has 3 nitrogen and oxygen atoms in total. The first kappa shape index (κ1) is 15.4. The van der Waals surface area contributed by atoms with Crippen LogP contribution in [0.5, 0.6) is 0 Å². The van der Waals surface area contributed by atoms with Gasteiger partial charge in [-0.05, 0) is 26.8 Å². The van der Waals surface area contributed by atoms with E-state index in [0.29, 0.717) is 19.6 Å². The molecular formula is C15H21F2NO2. The number of nitrogens with zero attached hydrogens (tertiary/aromatic N) is 1. The van der Waals surface area contributed by atoms with E-state index >= 15 is 0 Å². The highest BCUT2D eigenvalue weighted by atomic mass is 19.1. The first-order valence-corrected chi connectivity index (χ1v) is 6.80. The first-order chi connectivity index (χ1) is 9.27. The summed E-state index contributed by atoms with van der Waals surface area (Å²) in [6.07, 6.45) is -0.916. The third-order valence-corrected chi connectivity index (χ3v) is 3.39. The fourth-order valence-electron chi connectivity index (χ4n) is 2.84. The van der Waals surface area contributed by atoms with Crippen LogP contribution < -0.4 is 0 Å². The van der Waals surface area contributed by atoms with Gasteiger partial charge < -0.3 is 9.84 Å². The van der Waals surface area contributed by atoms with Crippen molar-refractivity contribution >= 4 is 0 Å². The number of halogens is 2.